The lowest BCUT2D eigenvalue weighted by Gasteiger charge is -2.22. The van der Waals surface area contributed by atoms with Gasteiger partial charge in [0.2, 0.25) is 6.29 Å². The molecule has 0 aromatic rings. The molecule has 0 unspecified atom stereocenters. The van der Waals surface area contributed by atoms with E-state index in [-0.39, 0.29) is 12.2 Å². The topological polar surface area (TPSA) is 74.3 Å². The fourth-order valence-corrected chi connectivity index (χ4v) is 3.89. The largest absolute Gasteiger partial charge is 0.434 e. The number of hydrogen-bond acceptors (Lipinski definition) is 7. The van der Waals surface area contributed by atoms with E-state index in [1.807, 2.05) is 0 Å². The van der Waals surface area contributed by atoms with Gasteiger partial charge in [0.05, 0.1) is 25.4 Å². The SMILES string of the molecule is CCOP(=O)(C[C@@H]1C[C@@H](OC(C)=O)ON1C)OCC. The zero-order chi connectivity index (χ0) is 14.5. The van der Waals surface area contributed by atoms with Gasteiger partial charge in [-0.2, -0.15) is 5.06 Å². The van der Waals surface area contributed by atoms with Crippen LogP contribution in [-0.2, 0) is 28.0 Å². The van der Waals surface area contributed by atoms with Gasteiger partial charge in [-0.05, 0) is 13.8 Å². The lowest BCUT2D eigenvalue weighted by Crippen LogP contribution is -2.28. The van der Waals surface area contributed by atoms with Gasteiger partial charge in [0, 0.05) is 20.4 Å². The number of esters is 1. The van der Waals surface area contributed by atoms with Crippen molar-refractivity contribution < 1.29 is 28.0 Å². The molecule has 1 aliphatic rings. The molecule has 1 fully saturated rings. The minimum absolute atomic E-state index is 0.173. The van der Waals surface area contributed by atoms with E-state index in [1.165, 1.54) is 12.0 Å². The average molecular weight is 295 g/mol. The molecule has 0 saturated carbocycles. The Morgan fingerprint density at radius 3 is 2.42 bits per heavy atom. The van der Waals surface area contributed by atoms with Gasteiger partial charge in [0.25, 0.3) is 0 Å². The van der Waals surface area contributed by atoms with Crippen LogP contribution in [0.1, 0.15) is 27.2 Å². The van der Waals surface area contributed by atoms with Crippen molar-refractivity contribution in [3.8, 4) is 0 Å². The molecule has 1 aliphatic heterocycles. The zero-order valence-corrected chi connectivity index (χ0v) is 12.7. The van der Waals surface area contributed by atoms with E-state index in [2.05, 4.69) is 0 Å². The molecular weight excluding hydrogens is 273 g/mol. The molecule has 1 saturated heterocycles. The molecule has 8 heteroatoms. The molecule has 0 bridgehead atoms. The highest BCUT2D eigenvalue weighted by Crippen LogP contribution is 2.50. The highest BCUT2D eigenvalue weighted by atomic mass is 31.2. The molecule has 0 spiro atoms. The van der Waals surface area contributed by atoms with Gasteiger partial charge in [0.15, 0.2) is 0 Å². The first-order valence-electron chi connectivity index (χ1n) is 6.35. The predicted molar refractivity (Wildman–Crippen MR) is 68.5 cm³/mol. The Balaban J connectivity index is 2.60. The standard InChI is InChI=1S/C11H22NO6P/c1-5-15-19(14,16-6-2)8-10-7-11(17-9(3)13)18-12(10)4/h10-11H,5-8H2,1-4H3/t10-,11-/m0/s1. The molecule has 0 aromatic carbocycles. The summed E-state index contributed by atoms with van der Waals surface area (Å²) in [7, 11) is -1.42. The van der Waals surface area contributed by atoms with Crippen LogP contribution in [0.3, 0.4) is 0 Å². The second-order valence-corrected chi connectivity index (χ2v) is 6.31. The van der Waals surface area contributed by atoms with Crippen molar-refractivity contribution >= 4 is 13.6 Å². The summed E-state index contributed by atoms with van der Waals surface area (Å²) in [6.07, 6.45) is 0.0209. The summed E-state index contributed by atoms with van der Waals surface area (Å²) in [6, 6.07) is -0.173. The lowest BCUT2D eigenvalue weighted by atomic mass is 10.2. The van der Waals surface area contributed by atoms with Crippen molar-refractivity contribution in [1.29, 1.82) is 0 Å². The van der Waals surface area contributed by atoms with E-state index in [1.54, 1.807) is 20.9 Å². The molecule has 0 radical (unpaired) electrons. The number of nitrogens with zero attached hydrogens (tertiary/aromatic N) is 1. The van der Waals surface area contributed by atoms with E-state index in [9.17, 15) is 9.36 Å². The molecule has 19 heavy (non-hydrogen) atoms. The first-order valence-corrected chi connectivity index (χ1v) is 8.08. The Labute approximate surface area is 113 Å². The molecule has 0 N–H and O–H groups in total. The smallest absolute Gasteiger partial charge is 0.332 e. The number of hydrogen-bond donors (Lipinski definition) is 0. The maximum atomic E-state index is 12.4. The van der Waals surface area contributed by atoms with Gasteiger partial charge >= 0.3 is 13.6 Å². The fourth-order valence-electron chi connectivity index (χ4n) is 1.92. The second kappa shape index (κ2) is 7.36. The molecule has 0 aliphatic carbocycles. The Hall–Kier alpha value is -0.460. The van der Waals surface area contributed by atoms with E-state index >= 15 is 0 Å². The minimum Gasteiger partial charge on any atom is -0.434 e. The molecule has 112 valence electrons. The maximum absolute atomic E-state index is 12.4. The normalized spacial score (nSPS) is 24.6. The van der Waals surface area contributed by atoms with E-state index < -0.39 is 19.9 Å². The van der Waals surface area contributed by atoms with Crippen LogP contribution in [0, 0.1) is 0 Å². The Morgan fingerprint density at radius 1 is 1.37 bits per heavy atom. The maximum Gasteiger partial charge on any atom is 0.332 e. The summed E-state index contributed by atoms with van der Waals surface area (Å²) in [6.45, 7) is 5.50. The van der Waals surface area contributed by atoms with Crippen LogP contribution < -0.4 is 0 Å². The highest BCUT2D eigenvalue weighted by Gasteiger charge is 2.39. The van der Waals surface area contributed by atoms with Gasteiger partial charge in [-0.1, -0.05) is 0 Å². The fraction of sp³-hybridized carbons (Fsp3) is 0.909. The molecule has 1 heterocycles. The summed E-state index contributed by atoms with van der Waals surface area (Å²) in [5, 5.41) is 1.54. The van der Waals surface area contributed by atoms with Crippen molar-refractivity contribution in [3.05, 3.63) is 0 Å². The minimum atomic E-state index is -3.13. The highest BCUT2D eigenvalue weighted by molar-refractivity contribution is 7.53. The van der Waals surface area contributed by atoms with Crippen molar-refractivity contribution in [2.24, 2.45) is 0 Å². The molecule has 1 rings (SSSR count). The molecule has 2 atom stereocenters. The van der Waals surface area contributed by atoms with E-state index in [4.69, 9.17) is 18.6 Å². The summed E-state index contributed by atoms with van der Waals surface area (Å²) in [4.78, 5) is 16.2. The number of carbonyl (C=O) groups excluding carboxylic acids is 1. The van der Waals surface area contributed by atoms with Crippen molar-refractivity contribution in [2.45, 2.75) is 39.5 Å². The van der Waals surface area contributed by atoms with Crippen molar-refractivity contribution in [3.63, 3.8) is 0 Å². The van der Waals surface area contributed by atoms with Gasteiger partial charge < -0.3 is 13.8 Å². The number of carbonyl (C=O) groups is 1. The lowest BCUT2D eigenvalue weighted by molar-refractivity contribution is -0.224. The summed E-state index contributed by atoms with van der Waals surface area (Å²) < 4.78 is 27.9. The number of ether oxygens (including phenoxy) is 1. The zero-order valence-electron chi connectivity index (χ0n) is 11.8. The third-order valence-electron chi connectivity index (χ3n) is 2.65. The van der Waals surface area contributed by atoms with Crippen molar-refractivity contribution in [2.75, 3.05) is 26.4 Å². The number of rotatable bonds is 7. The molecule has 0 amide bonds. The Bertz CT molecular complexity index is 340. The van der Waals surface area contributed by atoms with Gasteiger partial charge in [-0.15, -0.1) is 0 Å². The average Bonchev–Trinajstić information content (AvgIpc) is 2.58. The van der Waals surface area contributed by atoms with Crippen LogP contribution in [0.2, 0.25) is 0 Å². The Kier molecular flexibility index (Phi) is 6.42. The first kappa shape index (κ1) is 16.6. The molecule has 0 aromatic heterocycles. The summed E-state index contributed by atoms with van der Waals surface area (Å²) in [5.74, 6) is -0.406. The summed E-state index contributed by atoms with van der Waals surface area (Å²) >= 11 is 0. The van der Waals surface area contributed by atoms with Crippen LogP contribution in [0.25, 0.3) is 0 Å². The van der Waals surface area contributed by atoms with Gasteiger partial charge in [-0.3, -0.25) is 14.2 Å². The quantitative estimate of drug-likeness (QED) is 0.523. The third kappa shape index (κ3) is 5.20. The van der Waals surface area contributed by atoms with Crippen LogP contribution >= 0.6 is 7.60 Å². The van der Waals surface area contributed by atoms with Crippen LogP contribution in [0.5, 0.6) is 0 Å². The first-order chi connectivity index (χ1) is 8.90. The van der Waals surface area contributed by atoms with Gasteiger partial charge in [-0.25, -0.2) is 0 Å². The predicted octanol–water partition coefficient (Wildman–Crippen LogP) is 1.78. The van der Waals surface area contributed by atoms with E-state index in [0.29, 0.717) is 19.6 Å². The molecular formula is C11H22NO6P. The number of hydroxylamine groups is 2. The summed E-state index contributed by atoms with van der Waals surface area (Å²) in [5.41, 5.74) is 0. The second-order valence-electron chi connectivity index (χ2n) is 4.21. The van der Waals surface area contributed by atoms with E-state index in [0.717, 1.165) is 0 Å². The van der Waals surface area contributed by atoms with Gasteiger partial charge in [0.1, 0.15) is 0 Å². The van der Waals surface area contributed by atoms with Crippen LogP contribution in [-0.4, -0.2) is 49.8 Å². The van der Waals surface area contributed by atoms with Crippen LogP contribution in [0.4, 0.5) is 0 Å². The Morgan fingerprint density at radius 2 is 1.95 bits per heavy atom. The van der Waals surface area contributed by atoms with Crippen LogP contribution in [0.15, 0.2) is 0 Å². The van der Waals surface area contributed by atoms with Crippen molar-refractivity contribution in [1.82, 2.24) is 5.06 Å². The monoisotopic (exact) mass is 295 g/mol. The molecule has 7 nitrogen and oxygen atoms in total. The third-order valence-corrected chi connectivity index (χ3v) is 4.82.